The molecule has 0 aliphatic carbocycles. The van der Waals surface area contributed by atoms with Gasteiger partial charge >= 0.3 is 19.5 Å². The summed E-state index contributed by atoms with van der Waals surface area (Å²) in [4.78, 5) is 9.56. The molecule has 0 amide bonds. The Kier molecular flexibility index (Phi) is 9.04. The van der Waals surface area contributed by atoms with Crippen molar-refractivity contribution in [3.63, 3.8) is 0 Å². The van der Waals surface area contributed by atoms with E-state index in [9.17, 15) is 10.1 Å². The third-order valence-electron chi connectivity index (χ3n) is 0.911. The van der Waals surface area contributed by atoms with Crippen LogP contribution in [0.25, 0.3) is 0 Å². The van der Waals surface area contributed by atoms with Gasteiger partial charge in [0.1, 0.15) is 0 Å². The van der Waals surface area contributed by atoms with E-state index in [1.54, 1.807) is 0 Å². The number of hydrogen-bond acceptors (Lipinski definition) is 3. The quantitative estimate of drug-likeness (QED) is 0.404. The minimum atomic E-state index is -0.437. The van der Waals surface area contributed by atoms with E-state index in [0.717, 1.165) is 0 Å². The Bertz CT molecular complexity index is 227. The van der Waals surface area contributed by atoms with Gasteiger partial charge in [-0.1, -0.05) is 12.1 Å². The zero-order valence-electron chi connectivity index (χ0n) is 6.31. The van der Waals surface area contributed by atoms with Gasteiger partial charge in [0.25, 0.3) is 0 Å². The topological polar surface area (TPSA) is 60.2 Å². The Hall–Kier alpha value is -1.07. The number of nitrogens with zero attached hydrogens (tertiary/aromatic N) is 1. The van der Waals surface area contributed by atoms with E-state index < -0.39 is 4.92 Å². The second-order valence-electron chi connectivity index (χ2n) is 1.52. The van der Waals surface area contributed by atoms with Crippen LogP contribution in [0, 0.1) is 23.6 Å². The number of non-ortho nitro benzene ring substituents is 1. The summed E-state index contributed by atoms with van der Waals surface area (Å²) in [6.45, 7) is 0. The van der Waals surface area contributed by atoms with Crippen LogP contribution in [0.15, 0.2) is 24.3 Å². The molecule has 0 radical (unpaired) electrons. The average molecular weight is 212 g/mol. The summed E-state index contributed by atoms with van der Waals surface area (Å²) < 4.78 is 7.94. The predicted molar refractivity (Wildman–Crippen MR) is 39.0 cm³/mol. The molecule has 0 N–H and O–H groups in total. The first-order chi connectivity index (χ1) is 5.30. The van der Waals surface area contributed by atoms with Crippen molar-refractivity contribution in [2.24, 2.45) is 0 Å². The van der Waals surface area contributed by atoms with Crippen molar-refractivity contribution in [3.05, 3.63) is 47.9 Å². The fourth-order valence-electron chi connectivity index (χ4n) is 0.500. The summed E-state index contributed by atoms with van der Waals surface area (Å²) >= 11 is 2.31. The summed E-state index contributed by atoms with van der Waals surface area (Å²) in [5, 5.41) is 9.99. The zero-order valence-corrected chi connectivity index (χ0v) is 7.36. The van der Waals surface area contributed by atoms with E-state index in [2.05, 4.69) is 21.7 Å². The van der Waals surface area contributed by atoms with E-state index in [1.165, 1.54) is 24.3 Å². The second-order valence-corrected chi connectivity index (χ2v) is 1.52. The Balaban J connectivity index is 0. The Morgan fingerprint density at radius 3 is 2.00 bits per heavy atom. The summed E-state index contributed by atoms with van der Waals surface area (Å²) in [6, 6.07) is 8.51. The first kappa shape index (κ1) is 13.5. The Morgan fingerprint density at radius 1 is 1.33 bits per heavy atom. The minimum absolute atomic E-state index is 0. The van der Waals surface area contributed by atoms with Gasteiger partial charge in [0.2, 0.25) is 0 Å². The predicted octanol–water partition coefficient (Wildman–Crippen LogP) is 1.72. The number of nitro benzene ring substituents is 1. The van der Waals surface area contributed by atoms with E-state index in [1.807, 2.05) is 0 Å². The van der Waals surface area contributed by atoms with Crippen molar-refractivity contribution >= 4 is 5.69 Å². The second kappa shape index (κ2) is 8.03. The van der Waals surface area contributed by atoms with Crippen LogP contribution in [0.5, 0.6) is 0 Å². The number of nitro groups is 1. The fourth-order valence-corrected chi connectivity index (χ4v) is 0.500. The monoisotopic (exact) mass is 212 g/mol. The van der Waals surface area contributed by atoms with Gasteiger partial charge in [-0.2, -0.15) is 18.2 Å². The van der Waals surface area contributed by atoms with Crippen molar-refractivity contribution in [2.45, 2.75) is 0 Å². The molecule has 0 unspecified atom stereocenters. The molecular formula is C7H7CoNO3-2. The molecule has 0 saturated carbocycles. The van der Waals surface area contributed by atoms with Crippen LogP contribution in [0.4, 0.5) is 5.69 Å². The van der Waals surface area contributed by atoms with Crippen LogP contribution in [0.3, 0.4) is 0 Å². The molecule has 0 spiro atoms. The maximum atomic E-state index is 9.99. The van der Waals surface area contributed by atoms with Gasteiger partial charge in [0.05, 0.1) is 0 Å². The number of rotatable bonds is 1. The molecule has 0 atom stereocenters. The molecule has 1 rings (SSSR count). The van der Waals surface area contributed by atoms with E-state index in [4.69, 9.17) is 3.87 Å². The van der Waals surface area contributed by atoms with Crippen LogP contribution in [0.1, 0.15) is 0 Å². The summed E-state index contributed by atoms with van der Waals surface area (Å²) in [6.07, 6.45) is 0. The molecule has 1 aromatic rings. The van der Waals surface area contributed by atoms with Gasteiger partial charge in [0.15, 0.2) is 5.69 Å². The van der Waals surface area contributed by atoms with Gasteiger partial charge in [0, 0.05) is 4.92 Å². The third kappa shape index (κ3) is 4.70. The maximum absolute atomic E-state index is 9.99. The summed E-state index contributed by atoms with van der Waals surface area (Å²) in [5.41, 5.74) is 0.105. The van der Waals surface area contributed by atoms with Gasteiger partial charge in [-0.3, -0.25) is 10.1 Å². The molecule has 0 fully saturated rings. The summed E-state index contributed by atoms with van der Waals surface area (Å²) in [7, 11) is 0. The molecule has 0 aliphatic rings. The Labute approximate surface area is 78.5 Å². The van der Waals surface area contributed by atoms with Crippen molar-refractivity contribution in [1.29, 1.82) is 0 Å². The van der Waals surface area contributed by atoms with E-state index in [0.29, 0.717) is 0 Å². The van der Waals surface area contributed by atoms with Crippen molar-refractivity contribution in [2.75, 3.05) is 0 Å². The number of hydrogen-bond donors (Lipinski definition) is 0. The van der Waals surface area contributed by atoms with Gasteiger partial charge in [-0.15, -0.1) is 0 Å². The van der Waals surface area contributed by atoms with Crippen molar-refractivity contribution < 1.29 is 24.5 Å². The number of benzene rings is 1. The van der Waals surface area contributed by atoms with Crippen LogP contribution >= 0.6 is 0 Å². The zero-order chi connectivity index (χ0) is 8.69. The van der Waals surface area contributed by atoms with Crippen LogP contribution in [0.2, 0.25) is 0 Å². The van der Waals surface area contributed by atoms with Crippen LogP contribution in [-0.4, -0.2) is 4.92 Å². The van der Waals surface area contributed by atoms with E-state index >= 15 is 0 Å². The van der Waals surface area contributed by atoms with Crippen LogP contribution in [-0.2, 0) is 19.5 Å². The van der Waals surface area contributed by atoms with Gasteiger partial charge < -0.3 is 7.43 Å². The Morgan fingerprint density at radius 2 is 1.75 bits per heavy atom. The average Bonchev–Trinajstić information content (AvgIpc) is 2.10. The molecule has 0 aliphatic heterocycles. The molecule has 0 heterocycles. The van der Waals surface area contributed by atoms with Crippen molar-refractivity contribution in [1.82, 2.24) is 0 Å². The van der Waals surface area contributed by atoms with Crippen molar-refractivity contribution in [3.8, 4) is 0 Å². The molecule has 0 bridgehead atoms. The molecule has 69 valence electrons. The normalized spacial score (nSPS) is 7.08. The molecule has 4 nitrogen and oxygen atoms in total. The molecule has 5 heteroatoms. The standard InChI is InChI=1S/C6H4NO2.CH3.Co.O/c8-7(9)6-4-2-1-3-5-6;;;/h2-5H;1H3;;/q2*-1;;. The molecule has 1 aromatic carbocycles. The molecule has 12 heavy (non-hydrogen) atoms. The van der Waals surface area contributed by atoms with Gasteiger partial charge in [-0.25, -0.2) is 0 Å². The third-order valence-corrected chi connectivity index (χ3v) is 0.911. The molecule has 0 aromatic heterocycles. The SMILES string of the molecule is O=[N+]([O-])c1cc[c-]cc1.[CH3-].[O]=[Co]. The van der Waals surface area contributed by atoms with E-state index in [-0.39, 0.29) is 13.1 Å². The first-order valence-electron chi connectivity index (χ1n) is 2.55. The molecular weight excluding hydrogens is 205 g/mol. The van der Waals surface area contributed by atoms with Crippen LogP contribution < -0.4 is 0 Å². The molecule has 0 saturated heterocycles. The summed E-state index contributed by atoms with van der Waals surface area (Å²) in [5.74, 6) is 0. The first-order valence-corrected chi connectivity index (χ1v) is 2.97. The van der Waals surface area contributed by atoms with Gasteiger partial charge in [-0.05, 0) is 0 Å². The fraction of sp³-hybridized carbons (Fsp3) is 0.